The Balaban J connectivity index is 2.50. The van der Waals surface area contributed by atoms with Gasteiger partial charge in [0, 0.05) is 32.4 Å². The lowest BCUT2D eigenvalue weighted by Gasteiger charge is -2.24. The van der Waals surface area contributed by atoms with Gasteiger partial charge in [-0.05, 0) is 29.5 Å². The van der Waals surface area contributed by atoms with E-state index in [4.69, 9.17) is 10.5 Å². The lowest BCUT2D eigenvalue weighted by molar-refractivity contribution is 0.0921. The highest BCUT2D eigenvalue weighted by Crippen LogP contribution is 2.18. The van der Waals surface area contributed by atoms with Crippen molar-refractivity contribution >= 4 is 5.91 Å². The molecule has 0 heterocycles. The summed E-state index contributed by atoms with van der Waals surface area (Å²) < 4.78 is 5.07. The zero-order valence-electron chi connectivity index (χ0n) is 12.0. The minimum atomic E-state index is -0.0472. The van der Waals surface area contributed by atoms with Crippen LogP contribution in [0.25, 0.3) is 0 Å². The summed E-state index contributed by atoms with van der Waals surface area (Å²) in [5, 5.41) is 2.96. The predicted octanol–water partition coefficient (Wildman–Crippen LogP) is 1.94. The number of carbonyl (C=O) groups excluding carboxylic acids is 1. The molecule has 0 fully saturated rings. The summed E-state index contributed by atoms with van der Waals surface area (Å²) in [5.41, 5.74) is 7.25. The molecule has 0 aliphatic rings. The van der Waals surface area contributed by atoms with Gasteiger partial charge in [-0.1, -0.05) is 26.0 Å². The second kappa shape index (κ2) is 7.26. The van der Waals surface area contributed by atoms with E-state index in [0.717, 1.165) is 12.0 Å². The van der Waals surface area contributed by atoms with Crippen LogP contribution < -0.4 is 11.1 Å². The van der Waals surface area contributed by atoms with Crippen LogP contribution in [0.3, 0.4) is 0 Å². The third kappa shape index (κ3) is 5.41. The lowest BCUT2D eigenvalue weighted by atomic mass is 9.89. The van der Waals surface area contributed by atoms with Crippen LogP contribution in [0.2, 0.25) is 0 Å². The third-order valence-corrected chi connectivity index (χ3v) is 3.16. The van der Waals surface area contributed by atoms with Crippen LogP contribution in [0.5, 0.6) is 0 Å². The molecule has 3 N–H and O–H groups in total. The zero-order chi connectivity index (χ0) is 14.3. The summed E-state index contributed by atoms with van der Waals surface area (Å²) in [7, 11) is 1.69. The molecule has 106 valence electrons. The van der Waals surface area contributed by atoms with E-state index in [9.17, 15) is 4.79 Å². The first-order valence-electron chi connectivity index (χ1n) is 6.54. The fraction of sp³-hybridized carbons (Fsp3) is 0.533. The van der Waals surface area contributed by atoms with Crippen molar-refractivity contribution in [2.24, 2.45) is 11.1 Å². The van der Waals surface area contributed by atoms with E-state index in [-0.39, 0.29) is 11.3 Å². The van der Waals surface area contributed by atoms with Crippen LogP contribution in [0.15, 0.2) is 24.3 Å². The van der Waals surface area contributed by atoms with Crippen LogP contribution in [0, 0.1) is 5.41 Å². The van der Waals surface area contributed by atoms with Crippen LogP contribution >= 0.6 is 0 Å². The molecule has 1 aromatic rings. The summed E-state index contributed by atoms with van der Waals surface area (Å²) in [6.07, 6.45) is 0.913. The van der Waals surface area contributed by atoms with Crippen LogP contribution in [0.4, 0.5) is 0 Å². The van der Waals surface area contributed by atoms with E-state index in [1.54, 1.807) is 19.2 Å². The van der Waals surface area contributed by atoms with Crippen molar-refractivity contribution in [1.82, 2.24) is 5.32 Å². The molecule has 0 aliphatic heterocycles. The Hall–Kier alpha value is -1.39. The summed E-state index contributed by atoms with van der Waals surface area (Å²) in [6.45, 7) is 6.06. The largest absolute Gasteiger partial charge is 0.385 e. The molecular formula is C15H24N2O2. The average Bonchev–Trinajstić information content (AvgIpc) is 2.43. The first kappa shape index (κ1) is 15.7. The van der Waals surface area contributed by atoms with Gasteiger partial charge in [-0.25, -0.2) is 0 Å². The predicted molar refractivity (Wildman–Crippen MR) is 76.9 cm³/mol. The number of benzene rings is 1. The highest BCUT2D eigenvalue weighted by molar-refractivity contribution is 5.94. The standard InChI is InChI=1S/C15H24N2O2/c1-15(2,8-9-19-3)11-17-14(18)13-6-4-12(10-16)5-7-13/h4-7H,8-11,16H2,1-3H3,(H,17,18). The van der Waals surface area contributed by atoms with Crippen molar-refractivity contribution in [2.45, 2.75) is 26.8 Å². The van der Waals surface area contributed by atoms with Gasteiger partial charge in [-0.15, -0.1) is 0 Å². The van der Waals surface area contributed by atoms with Gasteiger partial charge in [0.1, 0.15) is 0 Å². The smallest absolute Gasteiger partial charge is 0.251 e. The number of carbonyl (C=O) groups is 1. The van der Waals surface area contributed by atoms with Gasteiger partial charge in [0.25, 0.3) is 5.91 Å². The van der Waals surface area contributed by atoms with E-state index < -0.39 is 0 Å². The van der Waals surface area contributed by atoms with Crippen molar-refractivity contribution in [1.29, 1.82) is 0 Å². The quantitative estimate of drug-likeness (QED) is 0.791. The number of nitrogens with one attached hydrogen (secondary N) is 1. The second-order valence-corrected chi connectivity index (χ2v) is 5.49. The normalized spacial score (nSPS) is 11.4. The van der Waals surface area contributed by atoms with Gasteiger partial charge in [-0.2, -0.15) is 0 Å². The molecule has 0 unspecified atom stereocenters. The maximum atomic E-state index is 12.0. The fourth-order valence-electron chi connectivity index (χ4n) is 1.68. The van der Waals surface area contributed by atoms with Crippen molar-refractivity contribution in [2.75, 3.05) is 20.3 Å². The summed E-state index contributed by atoms with van der Waals surface area (Å²) in [5.74, 6) is -0.0472. The third-order valence-electron chi connectivity index (χ3n) is 3.16. The molecule has 0 spiro atoms. The van der Waals surface area contributed by atoms with E-state index in [2.05, 4.69) is 19.2 Å². The number of hydrogen-bond acceptors (Lipinski definition) is 3. The fourth-order valence-corrected chi connectivity index (χ4v) is 1.68. The number of hydrogen-bond donors (Lipinski definition) is 2. The van der Waals surface area contributed by atoms with E-state index in [0.29, 0.717) is 25.3 Å². The number of rotatable bonds is 7. The highest BCUT2D eigenvalue weighted by atomic mass is 16.5. The van der Waals surface area contributed by atoms with Gasteiger partial charge < -0.3 is 15.8 Å². The average molecular weight is 264 g/mol. The molecule has 0 aliphatic carbocycles. The Morgan fingerprint density at radius 2 is 1.95 bits per heavy atom. The number of ether oxygens (including phenoxy) is 1. The SMILES string of the molecule is COCCC(C)(C)CNC(=O)c1ccc(CN)cc1. The maximum absolute atomic E-state index is 12.0. The number of methoxy groups -OCH3 is 1. The maximum Gasteiger partial charge on any atom is 0.251 e. The molecule has 1 amide bonds. The first-order valence-corrected chi connectivity index (χ1v) is 6.54. The molecule has 0 radical (unpaired) electrons. The molecule has 4 nitrogen and oxygen atoms in total. The van der Waals surface area contributed by atoms with Gasteiger partial charge >= 0.3 is 0 Å². The van der Waals surface area contributed by atoms with Crippen molar-refractivity contribution < 1.29 is 9.53 Å². The van der Waals surface area contributed by atoms with E-state index >= 15 is 0 Å². The van der Waals surface area contributed by atoms with Crippen molar-refractivity contribution in [3.63, 3.8) is 0 Å². The lowest BCUT2D eigenvalue weighted by Crippen LogP contribution is -2.34. The number of nitrogens with two attached hydrogens (primary N) is 1. The Morgan fingerprint density at radius 1 is 1.32 bits per heavy atom. The Kier molecular flexibility index (Phi) is 5.99. The van der Waals surface area contributed by atoms with Crippen LogP contribution in [-0.4, -0.2) is 26.2 Å². The summed E-state index contributed by atoms with van der Waals surface area (Å²) in [4.78, 5) is 12.0. The molecule has 1 rings (SSSR count). The molecule has 19 heavy (non-hydrogen) atoms. The second-order valence-electron chi connectivity index (χ2n) is 5.49. The van der Waals surface area contributed by atoms with Gasteiger partial charge in [0.15, 0.2) is 0 Å². The summed E-state index contributed by atoms with van der Waals surface area (Å²) >= 11 is 0. The molecule has 0 atom stereocenters. The van der Waals surface area contributed by atoms with Gasteiger partial charge in [0.2, 0.25) is 0 Å². The minimum absolute atomic E-state index is 0.0306. The van der Waals surface area contributed by atoms with Crippen LogP contribution in [0.1, 0.15) is 36.2 Å². The van der Waals surface area contributed by atoms with E-state index in [1.807, 2.05) is 12.1 Å². The van der Waals surface area contributed by atoms with Crippen molar-refractivity contribution in [3.05, 3.63) is 35.4 Å². The molecule has 0 saturated heterocycles. The van der Waals surface area contributed by atoms with Gasteiger partial charge in [-0.3, -0.25) is 4.79 Å². The molecule has 1 aromatic carbocycles. The topological polar surface area (TPSA) is 64.3 Å². The van der Waals surface area contributed by atoms with Gasteiger partial charge in [0.05, 0.1) is 0 Å². The Morgan fingerprint density at radius 3 is 2.47 bits per heavy atom. The molecule has 4 heteroatoms. The minimum Gasteiger partial charge on any atom is -0.385 e. The highest BCUT2D eigenvalue weighted by Gasteiger charge is 2.18. The molecule has 0 bridgehead atoms. The first-order chi connectivity index (χ1) is 8.98. The zero-order valence-corrected chi connectivity index (χ0v) is 12.0. The number of amides is 1. The van der Waals surface area contributed by atoms with Crippen molar-refractivity contribution in [3.8, 4) is 0 Å². The Labute approximate surface area is 115 Å². The molecule has 0 saturated carbocycles. The Bertz CT molecular complexity index is 399. The molecule has 0 aromatic heterocycles. The van der Waals surface area contributed by atoms with E-state index in [1.165, 1.54) is 0 Å². The monoisotopic (exact) mass is 264 g/mol. The molecular weight excluding hydrogens is 240 g/mol. The van der Waals surface area contributed by atoms with Crippen LogP contribution in [-0.2, 0) is 11.3 Å². The summed E-state index contributed by atoms with van der Waals surface area (Å²) in [6, 6.07) is 7.37.